The van der Waals surface area contributed by atoms with Crippen LogP contribution in [0.15, 0.2) is 5.16 Å². The first-order valence-corrected chi connectivity index (χ1v) is 8.87. The van der Waals surface area contributed by atoms with Crippen molar-refractivity contribution in [2.75, 3.05) is 20.3 Å². The maximum atomic E-state index is 12.4. The second kappa shape index (κ2) is 11.0. The van der Waals surface area contributed by atoms with Crippen LogP contribution in [0, 0.1) is 13.8 Å². The molecule has 0 aliphatic heterocycles. The fourth-order valence-corrected chi connectivity index (χ4v) is 2.70. The summed E-state index contributed by atoms with van der Waals surface area (Å²) in [5.74, 6) is -3.53. The molecule has 0 unspecified atom stereocenters. The Labute approximate surface area is 155 Å². The molecule has 10 heteroatoms. The highest BCUT2D eigenvalue weighted by Crippen LogP contribution is 2.24. The van der Waals surface area contributed by atoms with E-state index in [1.54, 1.807) is 13.8 Å². The van der Waals surface area contributed by atoms with Gasteiger partial charge >= 0.3 is 5.97 Å². The Morgan fingerprint density at radius 3 is 2.38 bits per heavy atom. The molecule has 0 saturated heterocycles. The molecule has 0 aliphatic rings. The first-order chi connectivity index (χ1) is 12.2. The molecule has 0 saturated carbocycles. The molecule has 0 aromatic carbocycles. The number of nitrogens with one attached hydrogen (secondary N) is 1. The minimum atomic E-state index is -2.59. The smallest absolute Gasteiger partial charge is 0.306 e. The first kappa shape index (κ1) is 22.2. The lowest BCUT2D eigenvalue weighted by Gasteiger charge is -2.14. The molecule has 0 aliphatic carbocycles. The zero-order chi connectivity index (χ0) is 19.7. The number of aryl methyl sites for hydroxylation is 2. The van der Waals surface area contributed by atoms with Gasteiger partial charge in [-0.15, -0.1) is 0 Å². The van der Waals surface area contributed by atoms with Gasteiger partial charge in [-0.1, -0.05) is 0 Å². The van der Waals surface area contributed by atoms with Gasteiger partial charge < -0.3 is 14.8 Å². The third-order valence-electron chi connectivity index (χ3n) is 3.46. The van der Waals surface area contributed by atoms with E-state index in [4.69, 9.17) is 9.47 Å². The van der Waals surface area contributed by atoms with Gasteiger partial charge in [0.2, 0.25) is 0 Å². The predicted octanol–water partition coefficient (Wildman–Crippen LogP) is 2.04. The fourth-order valence-electron chi connectivity index (χ4n) is 2.16. The number of hydrogen-bond donors (Lipinski definition) is 1. The van der Waals surface area contributed by atoms with E-state index in [-0.39, 0.29) is 23.3 Å². The largest absolute Gasteiger partial charge is 0.453 e. The fraction of sp³-hybridized carbons (Fsp3) is 0.625. The van der Waals surface area contributed by atoms with Gasteiger partial charge in [0.1, 0.15) is 0 Å². The van der Waals surface area contributed by atoms with Gasteiger partial charge in [-0.05, 0) is 44.5 Å². The van der Waals surface area contributed by atoms with Crippen LogP contribution in [0.1, 0.15) is 30.3 Å². The summed E-state index contributed by atoms with van der Waals surface area (Å²) in [6, 6.07) is 0. The molecule has 1 atom stereocenters. The van der Waals surface area contributed by atoms with Crippen LogP contribution in [0.25, 0.3) is 0 Å². The molecule has 146 valence electrons. The van der Waals surface area contributed by atoms with Gasteiger partial charge in [0.25, 0.3) is 11.7 Å². The summed E-state index contributed by atoms with van der Waals surface area (Å²) in [4.78, 5) is 31.7. The molecule has 0 spiro atoms. The number of nitrogens with zero attached hydrogens (tertiary/aromatic N) is 2. The average Bonchev–Trinajstić information content (AvgIpc) is 2.53. The number of aromatic nitrogens is 2. The summed E-state index contributed by atoms with van der Waals surface area (Å²) >= 11 is 0.279. The number of carbonyl (C=O) groups excluding carboxylic acids is 2. The Kier molecular flexibility index (Phi) is 9.42. The van der Waals surface area contributed by atoms with E-state index < -0.39 is 23.7 Å². The number of carbonyl (C=O) groups is 2. The summed E-state index contributed by atoms with van der Waals surface area (Å²) < 4.78 is 34.7. The van der Waals surface area contributed by atoms with Gasteiger partial charge in [0.15, 0.2) is 11.3 Å². The van der Waals surface area contributed by atoms with E-state index in [9.17, 15) is 18.4 Å². The highest BCUT2D eigenvalue weighted by atomic mass is 32.2. The molecule has 1 aromatic heterocycles. The highest BCUT2D eigenvalue weighted by molar-refractivity contribution is 7.99. The van der Waals surface area contributed by atoms with E-state index in [1.807, 2.05) is 0 Å². The second-order valence-corrected chi connectivity index (χ2v) is 6.41. The third-order valence-corrected chi connectivity index (χ3v) is 4.03. The average molecular weight is 391 g/mol. The van der Waals surface area contributed by atoms with Crippen molar-refractivity contribution in [1.82, 2.24) is 15.3 Å². The molecule has 1 rings (SSSR count). The monoisotopic (exact) mass is 391 g/mol. The van der Waals surface area contributed by atoms with Crippen LogP contribution in [0.2, 0.25) is 0 Å². The van der Waals surface area contributed by atoms with Crippen LogP contribution >= 0.6 is 11.8 Å². The summed E-state index contributed by atoms with van der Waals surface area (Å²) in [6.07, 6.45) is -0.585. The van der Waals surface area contributed by atoms with Gasteiger partial charge in [-0.2, -0.15) is 8.78 Å². The molecule has 1 N–H and O–H groups in total. The number of halogens is 2. The Morgan fingerprint density at radius 1 is 1.23 bits per heavy atom. The van der Waals surface area contributed by atoms with Crippen LogP contribution in [0.4, 0.5) is 8.78 Å². The van der Waals surface area contributed by atoms with Crippen molar-refractivity contribution >= 4 is 23.6 Å². The number of esters is 1. The lowest BCUT2D eigenvalue weighted by atomic mass is 10.1. The predicted molar refractivity (Wildman–Crippen MR) is 92.1 cm³/mol. The number of amides is 1. The normalized spacial score (nSPS) is 12.1. The number of hydrogen-bond acceptors (Lipinski definition) is 7. The van der Waals surface area contributed by atoms with Crippen LogP contribution in [-0.2, 0) is 25.5 Å². The summed E-state index contributed by atoms with van der Waals surface area (Å²) in [5, 5.41) is 2.58. The number of methoxy groups -OCH3 is 1. The summed E-state index contributed by atoms with van der Waals surface area (Å²) in [7, 11) is 1.52. The number of alkyl halides is 2. The quantitative estimate of drug-likeness (QED) is 0.282. The lowest BCUT2D eigenvalue weighted by Crippen LogP contribution is -2.37. The summed E-state index contributed by atoms with van der Waals surface area (Å²) in [6.45, 7) is 5.53. The topological polar surface area (TPSA) is 90.4 Å². The lowest BCUT2D eigenvalue weighted by molar-refractivity contribution is -0.154. The number of rotatable bonds is 10. The van der Waals surface area contributed by atoms with E-state index in [0.29, 0.717) is 36.5 Å². The van der Waals surface area contributed by atoms with Crippen LogP contribution in [0.5, 0.6) is 0 Å². The SMILES string of the molecule is COCCNC(=O)[C@H](C)OC(=O)CCc1c(C)nc(SC(F)F)nc1C. The van der Waals surface area contributed by atoms with E-state index in [0.717, 1.165) is 0 Å². The van der Waals surface area contributed by atoms with Crippen LogP contribution in [0.3, 0.4) is 0 Å². The molecule has 1 heterocycles. The zero-order valence-electron chi connectivity index (χ0n) is 15.2. The van der Waals surface area contributed by atoms with Crippen molar-refractivity contribution in [3.8, 4) is 0 Å². The van der Waals surface area contributed by atoms with Crippen molar-refractivity contribution in [1.29, 1.82) is 0 Å². The first-order valence-electron chi connectivity index (χ1n) is 7.99. The molecule has 0 bridgehead atoms. The molecule has 26 heavy (non-hydrogen) atoms. The van der Waals surface area contributed by atoms with Crippen molar-refractivity contribution in [2.45, 2.75) is 50.6 Å². The molecule has 0 radical (unpaired) electrons. The molecular formula is C16H23F2N3O4S. The Morgan fingerprint density at radius 2 is 1.85 bits per heavy atom. The second-order valence-electron chi connectivity index (χ2n) is 5.45. The van der Waals surface area contributed by atoms with Crippen molar-refractivity contribution < 1.29 is 27.8 Å². The Balaban J connectivity index is 2.55. The molecule has 7 nitrogen and oxygen atoms in total. The third kappa shape index (κ3) is 7.61. The van der Waals surface area contributed by atoms with E-state index in [2.05, 4.69) is 15.3 Å². The molecular weight excluding hydrogens is 368 g/mol. The Bertz CT molecular complexity index is 609. The van der Waals surface area contributed by atoms with Gasteiger partial charge in [0.05, 0.1) is 6.61 Å². The van der Waals surface area contributed by atoms with Crippen LogP contribution in [-0.4, -0.2) is 54.0 Å². The number of thioether (sulfide) groups is 1. The number of ether oxygens (including phenoxy) is 2. The van der Waals surface area contributed by atoms with Gasteiger partial charge in [-0.25, -0.2) is 9.97 Å². The molecule has 1 aromatic rings. The molecule has 0 fully saturated rings. The van der Waals surface area contributed by atoms with E-state index in [1.165, 1.54) is 14.0 Å². The van der Waals surface area contributed by atoms with E-state index >= 15 is 0 Å². The van der Waals surface area contributed by atoms with Crippen molar-refractivity contribution in [3.63, 3.8) is 0 Å². The highest BCUT2D eigenvalue weighted by Gasteiger charge is 2.19. The zero-order valence-corrected chi connectivity index (χ0v) is 16.0. The summed E-state index contributed by atoms with van der Waals surface area (Å²) in [5.41, 5.74) is 1.79. The van der Waals surface area contributed by atoms with Gasteiger partial charge in [0, 0.05) is 31.5 Å². The van der Waals surface area contributed by atoms with Crippen LogP contribution < -0.4 is 5.32 Å². The minimum absolute atomic E-state index is 0.00248. The maximum Gasteiger partial charge on any atom is 0.306 e. The van der Waals surface area contributed by atoms with Crippen molar-refractivity contribution in [3.05, 3.63) is 17.0 Å². The molecule has 1 amide bonds. The minimum Gasteiger partial charge on any atom is -0.453 e. The standard InChI is InChI=1S/C16H23F2N3O4S/c1-9-12(10(2)21-16(20-9)26-15(17)18)5-6-13(22)25-11(3)14(23)19-7-8-24-4/h11,15H,5-8H2,1-4H3,(H,19,23)/t11-/m0/s1. The van der Waals surface area contributed by atoms with Crippen molar-refractivity contribution in [2.24, 2.45) is 0 Å². The Hall–Kier alpha value is -1.81. The maximum absolute atomic E-state index is 12.4. The van der Waals surface area contributed by atoms with Gasteiger partial charge in [-0.3, -0.25) is 9.59 Å².